The van der Waals surface area contributed by atoms with Gasteiger partial charge in [-0.15, -0.1) is 24.0 Å². The Kier molecular flexibility index (Phi) is 9.68. The maximum absolute atomic E-state index is 5.74. The number of hydrogen-bond donors (Lipinski definition) is 2. The fourth-order valence-corrected chi connectivity index (χ4v) is 3.00. The maximum atomic E-state index is 5.74. The molecule has 7 nitrogen and oxygen atoms in total. The first-order chi connectivity index (χ1) is 13.7. The molecule has 0 radical (unpaired) electrons. The van der Waals surface area contributed by atoms with Gasteiger partial charge in [0.15, 0.2) is 5.96 Å². The van der Waals surface area contributed by atoms with Gasteiger partial charge in [0.2, 0.25) is 0 Å². The summed E-state index contributed by atoms with van der Waals surface area (Å²) in [5.41, 5.74) is 2.73. The minimum Gasteiger partial charge on any atom is -0.493 e. The highest BCUT2D eigenvalue weighted by atomic mass is 127. The van der Waals surface area contributed by atoms with Crippen molar-refractivity contribution in [1.82, 2.24) is 14.7 Å². The van der Waals surface area contributed by atoms with E-state index < -0.39 is 0 Å². The minimum absolute atomic E-state index is 0. The monoisotopic (exact) mass is 573 g/mol. The van der Waals surface area contributed by atoms with Crippen LogP contribution in [0.1, 0.15) is 12.1 Å². The number of halogens is 2. The largest absolute Gasteiger partial charge is 0.493 e. The number of anilines is 1. The molecule has 0 bridgehead atoms. The van der Waals surface area contributed by atoms with Crippen molar-refractivity contribution < 1.29 is 9.47 Å². The summed E-state index contributed by atoms with van der Waals surface area (Å²) in [5.74, 6) is 1.47. The van der Waals surface area contributed by atoms with E-state index in [9.17, 15) is 0 Å². The van der Waals surface area contributed by atoms with Crippen molar-refractivity contribution in [3.05, 3.63) is 59.0 Å². The highest BCUT2D eigenvalue weighted by Gasteiger charge is 2.05. The van der Waals surface area contributed by atoms with Crippen molar-refractivity contribution in [2.45, 2.75) is 13.0 Å². The lowest BCUT2D eigenvalue weighted by Gasteiger charge is -2.12. The average molecular weight is 574 g/mol. The van der Waals surface area contributed by atoms with E-state index in [2.05, 4.69) is 36.5 Å². The molecule has 0 fully saturated rings. The Morgan fingerprint density at radius 2 is 2.07 bits per heavy atom. The second-order valence-corrected chi connectivity index (χ2v) is 7.03. The first kappa shape index (κ1) is 23.4. The van der Waals surface area contributed by atoms with E-state index in [1.807, 2.05) is 53.2 Å². The van der Waals surface area contributed by atoms with Crippen LogP contribution in [0.3, 0.4) is 0 Å². The Bertz CT molecular complexity index is 948. The number of guanidine groups is 1. The van der Waals surface area contributed by atoms with Gasteiger partial charge >= 0.3 is 0 Å². The van der Waals surface area contributed by atoms with Crippen molar-refractivity contribution in [3.63, 3.8) is 0 Å². The van der Waals surface area contributed by atoms with Crippen LogP contribution in [0.5, 0.6) is 5.75 Å². The first-order valence-corrected chi connectivity index (χ1v) is 9.80. The summed E-state index contributed by atoms with van der Waals surface area (Å²) in [4.78, 5) is 8.87. The molecule has 0 unspecified atom stereocenters. The smallest absolute Gasteiger partial charge is 0.195 e. The van der Waals surface area contributed by atoms with Gasteiger partial charge in [-0.2, -0.15) is 0 Å². The van der Waals surface area contributed by atoms with Gasteiger partial charge in [0, 0.05) is 55.8 Å². The van der Waals surface area contributed by atoms with Crippen LogP contribution in [0.4, 0.5) is 5.69 Å². The normalized spacial score (nSPS) is 11.2. The first-order valence-electron chi connectivity index (χ1n) is 9.00. The van der Waals surface area contributed by atoms with E-state index in [-0.39, 0.29) is 24.0 Å². The summed E-state index contributed by atoms with van der Waals surface area (Å²) >= 11 is 3.47. The molecule has 0 saturated heterocycles. The second-order valence-electron chi connectivity index (χ2n) is 6.12. The maximum Gasteiger partial charge on any atom is 0.195 e. The molecule has 9 heteroatoms. The van der Waals surface area contributed by atoms with Gasteiger partial charge < -0.3 is 24.5 Å². The molecule has 3 rings (SSSR count). The number of aromatic nitrogens is 2. The average Bonchev–Trinajstić information content (AvgIpc) is 3.10. The van der Waals surface area contributed by atoms with Crippen molar-refractivity contribution in [1.29, 1.82) is 0 Å². The number of hydrogen-bond acceptors (Lipinski definition) is 4. The molecule has 3 aromatic rings. The van der Waals surface area contributed by atoms with E-state index in [0.717, 1.165) is 33.7 Å². The highest BCUT2D eigenvalue weighted by molar-refractivity contribution is 14.0. The number of imidazole rings is 1. The topological polar surface area (TPSA) is 72.2 Å². The van der Waals surface area contributed by atoms with Gasteiger partial charge in [0.05, 0.1) is 18.8 Å². The van der Waals surface area contributed by atoms with E-state index >= 15 is 0 Å². The van der Waals surface area contributed by atoms with E-state index in [1.165, 1.54) is 0 Å². The Morgan fingerprint density at radius 1 is 1.21 bits per heavy atom. The van der Waals surface area contributed by atoms with Crippen LogP contribution in [0.15, 0.2) is 58.3 Å². The van der Waals surface area contributed by atoms with Crippen LogP contribution in [0.25, 0.3) is 5.65 Å². The van der Waals surface area contributed by atoms with Crippen LogP contribution < -0.4 is 15.4 Å². The molecule has 0 aliphatic carbocycles. The Morgan fingerprint density at radius 3 is 2.86 bits per heavy atom. The number of pyridine rings is 1. The summed E-state index contributed by atoms with van der Waals surface area (Å²) in [5, 5.41) is 6.56. The van der Waals surface area contributed by atoms with Gasteiger partial charge in [-0.05, 0) is 40.2 Å². The summed E-state index contributed by atoms with van der Waals surface area (Å²) in [6.45, 7) is 1.87. The molecular weight excluding hydrogens is 549 g/mol. The highest BCUT2D eigenvalue weighted by Crippen LogP contribution is 2.17. The quantitative estimate of drug-likeness (QED) is 0.182. The van der Waals surface area contributed by atoms with Gasteiger partial charge in [-0.25, -0.2) is 4.98 Å². The fraction of sp³-hybridized carbons (Fsp3) is 0.300. The standard InChI is InChI=1S/C20H24BrN5O2.HI/c1-22-20(23-12-17-14-26-13-15(21)7-8-19(26)24-17)25-16-5-3-6-18(11-16)28-10-4-9-27-2;/h3,5-8,11,13-14H,4,9-10,12H2,1-2H3,(H2,22,23,25);1H. The predicted octanol–water partition coefficient (Wildman–Crippen LogP) is 4.32. The lowest BCUT2D eigenvalue weighted by molar-refractivity contribution is 0.172. The van der Waals surface area contributed by atoms with Crippen LogP contribution in [-0.2, 0) is 11.3 Å². The van der Waals surface area contributed by atoms with Gasteiger partial charge in [0.25, 0.3) is 0 Å². The van der Waals surface area contributed by atoms with Gasteiger partial charge in [0.1, 0.15) is 11.4 Å². The molecule has 2 heterocycles. The second kappa shape index (κ2) is 12.0. The number of aliphatic imine (C=N–C) groups is 1. The molecule has 0 aliphatic heterocycles. The number of nitrogens with one attached hydrogen (secondary N) is 2. The number of fused-ring (bicyclic) bond motifs is 1. The number of benzene rings is 1. The lowest BCUT2D eigenvalue weighted by Crippen LogP contribution is -2.30. The summed E-state index contributed by atoms with van der Waals surface area (Å²) in [6.07, 6.45) is 4.83. The van der Waals surface area contributed by atoms with Crippen molar-refractivity contribution in [2.24, 2.45) is 4.99 Å². The third-order valence-electron chi connectivity index (χ3n) is 3.98. The Labute approximate surface area is 196 Å². The Hall–Kier alpha value is -1.85. The van der Waals surface area contributed by atoms with Crippen LogP contribution in [-0.4, -0.2) is 42.7 Å². The molecule has 0 saturated carbocycles. The zero-order chi connectivity index (χ0) is 19.8. The molecule has 0 amide bonds. The Balaban J connectivity index is 0.00000300. The van der Waals surface area contributed by atoms with Crippen molar-refractivity contribution >= 4 is 57.2 Å². The number of nitrogens with zero attached hydrogens (tertiary/aromatic N) is 3. The predicted molar refractivity (Wildman–Crippen MR) is 131 cm³/mol. The molecule has 0 aliphatic rings. The minimum atomic E-state index is 0. The van der Waals surface area contributed by atoms with Crippen molar-refractivity contribution in [3.8, 4) is 5.75 Å². The molecule has 2 N–H and O–H groups in total. The zero-order valence-electron chi connectivity index (χ0n) is 16.4. The summed E-state index contributed by atoms with van der Waals surface area (Å²) in [6, 6.07) is 11.7. The molecule has 156 valence electrons. The van der Waals surface area contributed by atoms with Crippen LogP contribution >= 0.6 is 39.9 Å². The molecule has 29 heavy (non-hydrogen) atoms. The zero-order valence-corrected chi connectivity index (χ0v) is 20.3. The van der Waals surface area contributed by atoms with E-state index in [1.54, 1.807) is 14.2 Å². The molecule has 2 aromatic heterocycles. The summed E-state index contributed by atoms with van der Waals surface area (Å²) in [7, 11) is 3.43. The summed E-state index contributed by atoms with van der Waals surface area (Å²) < 4.78 is 13.8. The SMILES string of the molecule is CN=C(NCc1cn2cc(Br)ccc2n1)Nc1cccc(OCCCOC)c1.I. The van der Waals surface area contributed by atoms with Crippen molar-refractivity contribution in [2.75, 3.05) is 32.7 Å². The van der Waals surface area contributed by atoms with Gasteiger partial charge in [-0.1, -0.05) is 6.07 Å². The fourth-order valence-electron chi connectivity index (χ4n) is 2.65. The molecule has 1 aromatic carbocycles. The molecule has 0 spiro atoms. The molecule has 0 atom stereocenters. The van der Waals surface area contributed by atoms with Crippen LogP contribution in [0.2, 0.25) is 0 Å². The third-order valence-corrected chi connectivity index (χ3v) is 4.45. The van der Waals surface area contributed by atoms with Gasteiger partial charge in [-0.3, -0.25) is 4.99 Å². The lowest BCUT2D eigenvalue weighted by atomic mass is 10.3. The van der Waals surface area contributed by atoms with E-state index in [4.69, 9.17) is 9.47 Å². The number of ether oxygens (including phenoxy) is 2. The number of rotatable bonds is 8. The number of methoxy groups -OCH3 is 1. The third kappa shape index (κ3) is 7.16. The van der Waals surface area contributed by atoms with Crippen LogP contribution in [0, 0.1) is 0 Å². The molecular formula is C20H25BrIN5O2. The van der Waals surface area contributed by atoms with E-state index in [0.29, 0.717) is 25.7 Å².